The van der Waals surface area contributed by atoms with Gasteiger partial charge in [-0.05, 0) is 37.4 Å². The maximum atomic E-state index is 11.9. The van der Waals surface area contributed by atoms with Crippen molar-refractivity contribution in [2.75, 3.05) is 31.5 Å². The first-order valence-corrected chi connectivity index (χ1v) is 10.4. The van der Waals surface area contributed by atoms with Crippen molar-refractivity contribution in [3.05, 3.63) is 30.5 Å². The summed E-state index contributed by atoms with van der Waals surface area (Å²) in [5.41, 5.74) is 9.10. The predicted molar refractivity (Wildman–Crippen MR) is 113 cm³/mol. The van der Waals surface area contributed by atoms with E-state index < -0.39 is 0 Å². The molecule has 8 heteroatoms. The van der Waals surface area contributed by atoms with E-state index >= 15 is 0 Å². The fourth-order valence-corrected chi connectivity index (χ4v) is 4.66. The molecule has 0 radical (unpaired) electrons. The number of carbonyl (C=O) groups excluding carboxylic acids is 1. The number of fused-ring (bicyclic) bond motifs is 2. The van der Waals surface area contributed by atoms with Crippen LogP contribution in [0.4, 0.5) is 5.69 Å². The van der Waals surface area contributed by atoms with Gasteiger partial charge >= 0.3 is 0 Å². The molecule has 1 aromatic carbocycles. The van der Waals surface area contributed by atoms with Gasteiger partial charge in [-0.15, -0.1) is 0 Å². The highest BCUT2D eigenvalue weighted by molar-refractivity contribution is 8.00. The summed E-state index contributed by atoms with van der Waals surface area (Å²) >= 11 is 1.62. The van der Waals surface area contributed by atoms with Crippen LogP contribution in [0, 0.1) is 0 Å². The lowest BCUT2D eigenvalue weighted by molar-refractivity contribution is -0.114. The van der Waals surface area contributed by atoms with E-state index in [1.807, 2.05) is 24.3 Å². The van der Waals surface area contributed by atoms with Crippen molar-refractivity contribution in [1.29, 1.82) is 0 Å². The van der Waals surface area contributed by atoms with Gasteiger partial charge in [0.05, 0.1) is 24.3 Å². The first-order chi connectivity index (χ1) is 13.7. The Bertz CT molecular complexity index is 1030. The van der Waals surface area contributed by atoms with Crippen LogP contribution in [0.25, 0.3) is 22.3 Å². The molecule has 3 aromatic rings. The molecule has 7 nitrogen and oxygen atoms in total. The number of likely N-dealkylation sites (N-methyl/N-ethyl adjacent to an activating group) is 1. The number of hydrogen-bond acceptors (Lipinski definition) is 6. The molecule has 4 rings (SSSR count). The molecule has 3 heterocycles. The van der Waals surface area contributed by atoms with E-state index in [0.29, 0.717) is 0 Å². The Labute approximate surface area is 168 Å². The number of nitrogens with two attached hydrogens (primary N) is 1. The minimum absolute atomic E-state index is 0.0454. The van der Waals surface area contributed by atoms with Gasteiger partial charge in [0.1, 0.15) is 11.4 Å². The quantitative estimate of drug-likeness (QED) is 0.499. The standard InChI is InChI=1S/C20H24N6OS/c1-3-25(4-2)10-11-26-14-8-7-13(23-16(27)12-21)20-17(14)19(24-26)18-15(28-20)6-5-9-22-18/h5-9H,3-4,10-12,21H2,1-2H3,(H,23,27). The van der Waals surface area contributed by atoms with Gasteiger partial charge in [-0.2, -0.15) is 5.10 Å². The zero-order valence-corrected chi connectivity index (χ0v) is 16.9. The van der Waals surface area contributed by atoms with Crippen molar-refractivity contribution >= 4 is 34.3 Å². The third-order valence-corrected chi connectivity index (χ3v) is 6.24. The molecule has 0 saturated heterocycles. The Kier molecular flexibility index (Phi) is 5.34. The SMILES string of the molecule is CCN(CC)CCn1nc2c3c(c(NC(=O)CN)ccc31)Sc1cccnc1-2. The first-order valence-electron chi connectivity index (χ1n) is 9.55. The van der Waals surface area contributed by atoms with Gasteiger partial charge in [-0.1, -0.05) is 25.6 Å². The Morgan fingerprint density at radius 3 is 2.82 bits per heavy atom. The molecule has 0 aliphatic carbocycles. The zero-order valence-electron chi connectivity index (χ0n) is 16.1. The Morgan fingerprint density at radius 2 is 2.07 bits per heavy atom. The predicted octanol–water partition coefficient (Wildman–Crippen LogP) is 2.80. The summed E-state index contributed by atoms with van der Waals surface area (Å²) in [6.07, 6.45) is 1.80. The first kappa shape index (κ1) is 18.9. The molecular formula is C20H24N6OS. The molecule has 0 saturated carbocycles. The topological polar surface area (TPSA) is 89.1 Å². The van der Waals surface area contributed by atoms with Crippen LogP contribution >= 0.6 is 11.8 Å². The largest absolute Gasteiger partial charge is 0.324 e. The highest BCUT2D eigenvalue weighted by Crippen LogP contribution is 2.49. The summed E-state index contributed by atoms with van der Waals surface area (Å²) < 4.78 is 2.06. The van der Waals surface area contributed by atoms with Crippen molar-refractivity contribution in [3.63, 3.8) is 0 Å². The summed E-state index contributed by atoms with van der Waals surface area (Å²) in [6, 6.07) is 7.93. The minimum Gasteiger partial charge on any atom is -0.324 e. The van der Waals surface area contributed by atoms with Crippen LogP contribution in [0.15, 0.2) is 40.3 Å². The minimum atomic E-state index is -0.205. The van der Waals surface area contributed by atoms with E-state index in [0.717, 1.165) is 63.9 Å². The van der Waals surface area contributed by atoms with Gasteiger partial charge in [0.2, 0.25) is 5.91 Å². The molecule has 2 aromatic heterocycles. The number of aromatic nitrogens is 3. The van der Waals surface area contributed by atoms with Crippen LogP contribution in [0.2, 0.25) is 0 Å². The summed E-state index contributed by atoms with van der Waals surface area (Å²) in [5.74, 6) is -0.205. The maximum absolute atomic E-state index is 11.9. The zero-order chi connectivity index (χ0) is 19.7. The van der Waals surface area contributed by atoms with Crippen molar-refractivity contribution in [1.82, 2.24) is 19.7 Å². The molecule has 146 valence electrons. The molecule has 1 amide bonds. The van der Waals surface area contributed by atoms with E-state index in [4.69, 9.17) is 10.8 Å². The number of amides is 1. The highest BCUT2D eigenvalue weighted by atomic mass is 32.2. The Hall–Kier alpha value is -2.42. The van der Waals surface area contributed by atoms with Crippen LogP contribution in [0.3, 0.4) is 0 Å². The highest BCUT2D eigenvalue weighted by Gasteiger charge is 2.27. The van der Waals surface area contributed by atoms with E-state index in [1.54, 1.807) is 18.0 Å². The number of benzene rings is 1. The molecule has 3 N–H and O–H groups in total. The second kappa shape index (κ2) is 7.90. The van der Waals surface area contributed by atoms with Gasteiger partial charge in [-0.3, -0.25) is 14.5 Å². The lowest BCUT2D eigenvalue weighted by Gasteiger charge is -2.18. The van der Waals surface area contributed by atoms with Gasteiger partial charge in [0.15, 0.2) is 0 Å². The number of pyridine rings is 1. The van der Waals surface area contributed by atoms with Crippen molar-refractivity contribution < 1.29 is 4.79 Å². The Balaban J connectivity index is 1.83. The number of anilines is 1. The molecule has 0 bridgehead atoms. The number of hydrogen-bond donors (Lipinski definition) is 2. The van der Waals surface area contributed by atoms with Crippen LogP contribution in [0.1, 0.15) is 13.8 Å². The second-order valence-corrected chi connectivity index (χ2v) is 7.69. The summed E-state index contributed by atoms with van der Waals surface area (Å²) in [6.45, 7) is 8.07. The van der Waals surface area contributed by atoms with Crippen molar-refractivity contribution in [3.8, 4) is 11.4 Å². The van der Waals surface area contributed by atoms with E-state index in [1.165, 1.54) is 0 Å². The smallest absolute Gasteiger partial charge is 0.238 e. The van der Waals surface area contributed by atoms with E-state index in [-0.39, 0.29) is 12.5 Å². The Morgan fingerprint density at radius 1 is 1.25 bits per heavy atom. The van der Waals surface area contributed by atoms with Crippen molar-refractivity contribution in [2.24, 2.45) is 5.73 Å². The van der Waals surface area contributed by atoms with Crippen LogP contribution in [-0.4, -0.2) is 51.8 Å². The van der Waals surface area contributed by atoms with Crippen LogP contribution in [-0.2, 0) is 11.3 Å². The average molecular weight is 397 g/mol. The monoisotopic (exact) mass is 396 g/mol. The third-order valence-electron chi connectivity index (χ3n) is 5.06. The van der Waals surface area contributed by atoms with Gasteiger partial charge < -0.3 is 16.0 Å². The molecular weight excluding hydrogens is 372 g/mol. The van der Waals surface area contributed by atoms with Gasteiger partial charge in [0, 0.05) is 27.9 Å². The normalized spacial score (nSPS) is 12.4. The number of nitrogens with zero attached hydrogens (tertiary/aromatic N) is 4. The molecule has 0 atom stereocenters. The van der Waals surface area contributed by atoms with Gasteiger partial charge in [0.25, 0.3) is 0 Å². The van der Waals surface area contributed by atoms with Gasteiger partial charge in [-0.25, -0.2) is 0 Å². The molecule has 1 aliphatic rings. The lowest BCUT2D eigenvalue weighted by atomic mass is 10.1. The lowest BCUT2D eigenvalue weighted by Crippen LogP contribution is -2.27. The molecule has 0 fully saturated rings. The molecule has 28 heavy (non-hydrogen) atoms. The fourth-order valence-electron chi connectivity index (χ4n) is 3.52. The third kappa shape index (κ3) is 3.28. The van der Waals surface area contributed by atoms with E-state index in [9.17, 15) is 4.79 Å². The summed E-state index contributed by atoms with van der Waals surface area (Å²) in [4.78, 5) is 20.9. The van der Waals surface area contributed by atoms with E-state index in [2.05, 4.69) is 33.7 Å². The molecule has 1 aliphatic heterocycles. The van der Waals surface area contributed by atoms with Crippen molar-refractivity contribution in [2.45, 2.75) is 30.2 Å². The fraction of sp³-hybridized carbons (Fsp3) is 0.350. The number of rotatable bonds is 7. The number of carbonyl (C=O) groups is 1. The molecule has 0 unspecified atom stereocenters. The summed E-state index contributed by atoms with van der Waals surface area (Å²) in [7, 11) is 0. The molecule has 0 spiro atoms. The average Bonchev–Trinajstić information content (AvgIpc) is 3.10. The van der Waals surface area contributed by atoms with Crippen LogP contribution in [0.5, 0.6) is 0 Å². The summed E-state index contributed by atoms with van der Waals surface area (Å²) in [5, 5.41) is 8.89. The number of nitrogens with one attached hydrogen (secondary N) is 1. The van der Waals surface area contributed by atoms with Crippen LogP contribution < -0.4 is 11.1 Å². The maximum Gasteiger partial charge on any atom is 0.238 e. The second-order valence-electron chi connectivity index (χ2n) is 6.64.